The standard InChI is InChI=1S/C19H18N2/c1-21(2)17-11-8-15(9-12-17)7-10-16-13-14-20-19-6-4-3-5-18(16)19/h3-14H,1-2H3/b10-7-. The Labute approximate surface area is 125 Å². The molecule has 0 aliphatic carbocycles. The molecule has 2 aromatic carbocycles. The molecule has 3 rings (SSSR count). The quantitative estimate of drug-likeness (QED) is 0.700. The van der Waals surface area contributed by atoms with Gasteiger partial charge in [-0.15, -0.1) is 0 Å². The molecule has 0 N–H and O–H groups in total. The number of aromatic nitrogens is 1. The zero-order valence-corrected chi connectivity index (χ0v) is 12.3. The summed E-state index contributed by atoms with van der Waals surface area (Å²) in [5.41, 5.74) is 4.63. The van der Waals surface area contributed by atoms with Gasteiger partial charge in [-0.05, 0) is 35.4 Å². The van der Waals surface area contributed by atoms with Crippen molar-refractivity contribution < 1.29 is 0 Å². The summed E-state index contributed by atoms with van der Waals surface area (Å²) >= 11 is 0. The molecule has 2 heteroatoms. The van der Waals surface area contributed by atoms with Gasteiger partial charge < -0.3 is 4.90 Å². The second-order valence-corrected chi connectivity index (χ2v) is 5.24. The van der Waals surface area contributed by atoms with E-state index in [1.165, 1.54) is 22.2 Å². The third-order valence-electron chi connectivity index (χ3n) is 3.55. The molecule has 0 bridgehead atoms. The van der Waals surface area contributed by atoms with Crippen LogP contribution in [0.3, 0.4) is 0 Å². The van der Waals surface area contributed by atoms with Crippen LogP contribution in [0.2, 0.25) is 0 Å². The van der Waals surface area contributed by atoms with Crippen LogP contribution in [0.25, 0.3) is 23.1 Å². The number of benzene rings is 2. The largest absolute Gasteiger partial charge is 0.378 e. The molecule has 0 aliphatic rings. The maximum atomic E-state index is 4.39. The number of nitrogens with zero attached hydrogens (tertiary/aromatic N) is 2. The van der Waals surface area contributed by atoms with Gasteiger partial charge in [-0.1, -0.05) is 42.5 Å². The molecular weight excluding hydrogens is 256 g/mol. The average Bonchev–Trinajstić information content (AvgIpc) is 2.53. The van der Waals surface area contributed by atoms with Gasteiger partial charge in [0.05, 0.1) is 5.52 Å². The highest BCUT2D eigenvalue weighted by molar-refractivity contribution is 5.90. The lowest BCUT2D eigenvalue weighted by Gasteiger charge is -2.11. The highest BCUT2D eigenvalue weighted by Crippen LogP contribution is 2.19. The summed E-state index contributed by atoms with van der Waals surface area (Å²) in [5.74, 6) is 0. The molecule has 1 aromatic heterocycles. The van der Waals surface area contributed by atoms with Gasteiger partial charge >= 0.3 is 0 Å². The first kappa shape index (κ1) is 13.4. The minimum atomic E-state index is 1.03. The maximum absolute atomic E-state index is 4.39. The lowest BCUT2D eigenvalue weighted by Crippen LogP contribution is -2.07. The fourth-order valence-corrected chi connectivity index (χ4v) is 2.33. The minimum Gasteiger partial charge on any atom is -0.378 e. The summed E-state index contributed by atoms with van der Waals surface area (Å²) in [7, 11) is 4.10. The lowest BCUT2D eigenvalue weighted by atomic mass is 10.1. The SMILES string of the molecule is CN(C)c1ccc(/C=C\c2ccnc3ccccc23)cc1. The number of rotatable bonds is 3. The second kappa shape index (κ2) is 5.80. The Bertz CT molecular complexity index is 766. The Morgan fingerprint density at radius 2 is 1.62 bits per heavy atom. The summed E-state index contributed by atoms with van der Waals surface area (Å²) < 4.78 is 0. The van der Waals surface area contributed by atoms with Crippen LogP contribution in [-0.4, -0.2) is 19.1 Å². The third kappa shape index (κ3) is 2.95. The van der Waals surface area contributed by atoms with Gasteiger partial charge in [0.1, 0.15) is 0 Å². The van der Waals surface area contributed by atoms with Crippen LogP contribution < -0.4 is 4.90 Å². The molecule has 0 radical (unpaired) electrons. The van der Waals surface area contributed by atoms with Gasteiger partial charge in [0.2, 0.25) is 0 Å². The molecule has 0 saturated carbocycles. The fraction of sp³-hybridized carbons (Fsp3) is 0.105. The first-order valence-corrected chi connectivity index (χ1v) is 7.03. The summed E-state index contributed by atoms with van der Waals surface area (Å²) in [6, 6.07) is 18.8. The van der Waals surface area contributed by atoms with E-state index >= 15 is 0 Å². The lowest BCUT2D eigenvalue weighted by molar-refractivity contribution is 1.13. The average molecular weight is 274 g/mol. The Kier molecular flexibility index (Phi) is 3.69. The van der Waals surface area contributed by atoms with Gasteiger partial charge in [0.15, 0.2) is 0 Å². The van der Waals surface area contributed by atoms with Crippen LogP contribution in [0.4, 0.5) is 5.69 Å². The van der Waals surface area contributed by atoms with E-state index in [2.05, 4.69) is 52.4 Å². The van der Waals surface area contributed by atoms with Gasteiger partial charge in [-0.2, -0.15) is 0 Å². The number of hydrogen-bond donors (Lipinski definition) is 0. The monoisotopic (exact) mass is 274 g/mol. The molecule has 1 heterocycles. The Morgan fingerprint density at radius 3 is 2.38 bits per heavy atom. The molecule has 3 aromatic rings. The Morgan fingerprint density at radius 1 is 0.857 bits per heavy atom. The van der Waals surface area contributed by atoms with Crippen molar-refractivity contribution in [2.45, 2.75) is 0 Å². The summed E-state index contributed by atoms with van der Waals surface area (Å²) in [5, 5.41) is 1.18. The molecule has 0 amide bonds. The highest BCUT2D eigenvalue weighted by atomic mass is 15.1. The number of fused-ring (bicyclic) bond motifs is 1. The van der Waals surface area contributed by atoms with Crippen LogP contribution in [0.15, 0.2) is 60.8 Å². The molecule has 0 unspecified atom stereocenters. The van der Waals surface area contributed by atoms with E-state index in [9.17, 15) is 0 Å². The maximum Gasteiger partial charge on any atom is 0.0707 e. The van der Waals surface area contributed by atoms with Crippen molar-refractivity contribution in [1.29, 1.82) is 0 Å². The van der Waals surface area contributed by atoms with E-state index in [1.807, 2.05) is 44.6 Å². The van der Waals surface area contributed by atoms with Gasteiger partial charge in [-0.3, -0.25) is 4.98 Å². The van der Waals surface area contributed by atoms with Crippen molar-refractivity contribution >= 4 is 28.7 Å². The molecule has 2 nitrogen and oxygen atoms in total. The van der Waals surface area contributed by atoms with Crippen LogP contribution in [0, 0.1) is 0 Å². The third-order valence-corrected chi connectivity index (χ3v) is 3.55. The Balaban J connectivity index is 1.91. The topological polar surface area (TPSA) is 16.1 Å². The first-order chi connectivity index (χ1) is 10.2. The Hall–Kier alpha value is -2.61. The van der Waals surface area contributed by atoms with E-state index in [0.717, 1.165) is 5.52 Å². The van der Waals surface area contributed by atoms with Crippen LogP contribution in [-0.2, 0) is 0 Å². The second-order valence-electron chi connectivity index (χ2n) is 5.24. The smallest absolute Gasteiger partial charge is 0.0707 e. The molecule has 0 spiro atoms. The normalized spacial score (nSPS) is 11.1. The zero-order chi connectivity index (χ0) is 14.7. The van der Waals surface area contributed by atoms with Crippen LogP contribution >= 0.6 is 0 Å². The molecular formula is C19H18N2. The van der Waals surface area contributed by atoms with Crippen molar-refractivity contribution in [2.75, 3.05) is 19.0 Å². The van der Waals surface area contributed by atoms with E-state index in [1.54, 1.807) is 0 Å². The van der Waals surface area contributed by atoms with E-state index in [4.69, 9.17) is 0 Å². The zero-order valence-electron chi connectivity index (χ0n) is 12.3. The molecule has 104 valence electrons. The van der Waals surface area contributed by atoms with Crippen LogP contribution in [0.5, 0.6) is 0 Å². The molecule has 0 fully saturated rings. The number of para-hydroxylation sites is 1. The van der Waals surface area contributed by atoms with E-state index < -0.39 is 0 Å². The van der Waals surface area contributed by atoms with Gasteiger partial charge in [0, 0.05) is 31.4 Å². The van der Waals surface area contributed by atoms with Crippen molar-refractivity contribution in [3.63, 3.8) is 0 Å². The molecule has 21 heavy (non-hydrogen) atoms. The van der Waals surface area contributed by atoms with Gasteiger partial charge in [-0.25, -0.2) is 0 Å². The highest BCUT2D eigenvalue weighted by Gasteiger charge is 1.98. The fourth-order valence-electron chi connectivity index (χ4n) is 2.33. The first-order valence-electron chi connectivity index (χ1n) is 7.03. The van der Waals surface area contributed by atoms with Crippen molar-refractivity contribution in [3.8, 4) is 0 Å². The van der Waals surface area contributed by atoms with Gasteiger partial charge in [0.25, 0.3) is 0 Å². The summed E-state index contributed by atoms with van der Waals surface area (Å²) in [6.45, 7) is 0. The number of pyridine rings is 1. The van der Waals surface area contributed by atoms with Crippen LogP contribution in [0.1, 0.15) is 11.1 Å². The predicted octanol–water partition coefficient (Wildman–Crippen LogP) is 4.47. The predicted molar refractivity (Wildman–Crippen MR) is 91.4 cm³/mol. The minimum absolute atomic E-state index is 1.03. The molecule has 0 aliphatic heterocycles. The number of anilines is 1. The number of hydrogen-bond acceptors (Lipinski definition) is 2. The summed E-state index contributed by atoms with van der Waals surface area (Å²) in [6.07, 6.45) is 6.15. The van der Waals surface area contributed by atoms with Crippen molar-refractivity contribution in [3.05, 3.63) is 71.9 Å². The van der Waals surface area contributed by atoms with Crippen molar-refractivity contribution in [1.82, 2.24) is 4.98 Å². The van der Waals surface area contributed by atoms with Crippen molar-refractivity contribution in [2.24, 2.45) is 0 Å². The van der Waals surface area contributed by atoms with E-state index in [0.29, 0.717) is 0 Å². The molecule has 0 saturated heterocycles. The van der Waals surface area contributed by atoms with E-state index in [-0.39, 0.29) is 0 Å². The molecule has 0 atom stereocenters. The summed E-state index contributed by atoms with van der Waals surface area (Å²) in [4.78, 5) is 6.49.